The summed E-state index contributed by atoms with van der Waals surface area (Å²) in [4.78, 5) is 0. The maximum Gasteiger partial charge on any atom is 0.347 e. The van der Waals surface area contributed by atoms with E-state index in [1.807, 2.05) is 35.0 Å². The molecule has 0 aliphatic heterocycles. The summed E-state index contributed by atoms with van der Waals surface area (Å²) in [7, 11) is 0. The third kappa shape index (κ3) is 3.83. The van der Waals surface area contributed by atoms with E-state index in [1.165, 1.54) is 5.56 Å². The predicted molar refractivity (Wildman–Crippen MR) is 124 cm³/mol. The van der Waals surface area contributed by atoms with Gasteiger partial charge < -0.3 is 5.21 Å². The lowest BCUT2D eigenvalue weighted by atomic mass is 9.94. The molecule has 0 atom stereocenters. The molecule has 0 spiro atoms. The molecule has 0 N–H and O–H groups in total. The second kappa shape index (κ2) is 8.98. The van der Waals surface area contributed by atoms with Crippen molar-refractivity contribution in [1.82, 2.24) is 5.27 Å². The first-order valence-corrected chi connectivity index (χ1v) is 10.7. The highest BCUT2D eigenvalue weighted by Crippen LogP contribution is 2.38. The van der Waals surface area contributed by atoms with E-state index < -0.39 is 0 Å². The minimum absolute atomic E-state index is 0.129. The van der Waals surface area contributed by atoms with Crippen LogP contribution in [0.25, 0.3) is 32.8 Å². The van der Waals surface area contributed by atoms with Crippen LogP contribution in [0.15, 0.2) is 99.8 Å². The fourth-order valence-corrected chi connectivity index (χ4v) is 4.28. The Hall–Kier alpha value is -4.06. The molecule has 0 amide bonds. The van der Waals surface area contributed by atoms with Gasteiger partial charge in [-0.25, -0.2) is 5.28 Å². The van der Waals surface area contributed by atoms with Crippen molar-refractivity contribution in [2.75, 3.05) is 0 Å². The third-order valence-electron chi connectivity index (χ3n) is 5.75. The van der Waals surface area contributed by atoms with E-state index in [1.54, 1.807) is 0 Å². The van der Waals surface area contributed by atoms with Crippen LogP contribution in [0.5, 0.6) is 0 Å². The Kier molecular flexibility index (Phi) is 5.58. The zero-order chi connectivity index (χ0) is 21.8. The molecule has 6 heteroatoms. The Morgan fingerprint density at radius 3 is 2.16 bits per heavy atom. The Labute approximate surface area is 185 Å². The van der Waals surface area contributed by atoms with Crippen molar-refractivity contribution >= 4 is 27.4 Å². The van der Waals surface area contributed by atoms with Crippen LogP contribution in [0.3, 0.4) is 0 Å². The third-order valence-corrected chi connectivity index (χ3v) is 5.75. The van der Waals surface area contributed by atoms with Gasteiger partial charge in [0.15, 0.2) is 6.54 Å². The largest absolute Gasteiger partial charge is 0.775 e. The van der Waals surface area contributed by atoms with E-state index >= 15 is 0 Å². The highest BCUT2D eigenvalue weighted by molar-refractivity contribution is 6.12. The van der Waals surface area contributed by atoms with Crippen LogP contribution < -0.4 is 4.68 Å². The van der Waals surface area contributed by atoms with Gasteiger partial charge in [0.05, 0.1) is 5.56 Å². The number of nitrogens with zero attached hydrogens (tertiary/aromatic N) is 4. The summed E-state index contributed by atoms with van der Waals surface area (Å²) in [6.07, 6.45) is 2.92. The Morgan fingerprint density at radius 1 is 0.812 bits per heavy atom. The lowest BCUT2D eigenvalue weighted by Gasteiger charge is -2.08. The Morgan fingerprint density at radius 2 is 1.47 bits per heavy atom. The maximum absolute atomic E-state index is 11.0. The molecule has 5 aromatic rings. The van der Waals surface area contributed by atoms with Crippen LogP contribution in [0.2, 0.25) is 0 Å². The van der Waals surface area contributed by atoms with Gasteiger partial charge in [0.25, 0.3) is 0 Å². The van der Waals surface area contributed by atoms with E-state index in [0.29, 0.717) is 12.2 Å². The molecule has 5 rings (SSSR count). The van der Waals surface area contributed by atoms with Gasteiger partial charge in [-0.15, -0.1) is 5.11 Å². The standard InChI is InChI=1S/C26H22N4O2/c31-28-27-26-25(30(29-32-26)17-9-8-12-19-10-2-1-3-11-19)24-22-15-6-4-13-20(22)18-21-14-5-7-16-23(21)24/h1-7,10-11,13-16,18H,8-9,12,17H2. The Bertz CT molecular complexity index is 1340. The molecule has 0 bridgehead atoms. The molecule has 158 valence electrons. The first kappa shape index (κ1) is 19.9. The van der Waals surface area contributed by atoms with E-state index in [0.717, 1.165) is 46.4 Å². The molecule has 0 aliphatic carbocycles. The average molecular weight is 422 g/mol. The topological polar surface area (TPSA) is 77.7 Å². The summed E-state index contributed by atoms with van der Waals surface area (Å²) in [5, 5.41) is 26.0. The van der Waals surface area contributed by atoms with Gasteiger partial charge in [0.1, 0.15) is 0 Å². The van der Waals surface area contributed by atoms with E-state index in [4.69, 9.17) is 4.52 Å². The van der Waals surface area contributed by atoms with Gasteiger partial charge in [0, 0.05) is 6.42 Å². The first-order valence-electron chi connectivity index (χ1n) is 10.7. The molecular formula is C26H22N4O2. The molecule has 32 heavy (non-hydrogen) atoms. The fraction of sp³-hybridized carbons (Fsp3) is 0.154. The maximum atomic E-state index is 11.0. The van der Waals surface area contributed by atoms with Crippen LogP contribution in [0.1, 0.15) is 18.4 Å². The van der Waals surface area contributed by atoms with Crippen molar-refractivity contribution in [3.63, 3.8) is 0 Å². The average Bonchev–Trinajstić information content (AvgIpc) is 3.23. The number of fused-ring (bicyclic) bond motifs is 2. The smallest absolute Gasteiger partial charge is 0.347 e. The van der Waals surface area contributed by atoms with Crippen LogP contribution >= 0.6 is 0 Å². The number of unbranched alkanes of at least 4 members (excludes halogenated alkanes) is 1. The van der Waals surface area contributed by atoms with Crippen LogP contribution in [-0.4, -0.2) is 5.27 Å². The SMILES string of the molecule is [O-]/N=N/c1on[n+](CCCCc2ccccc2)c1-c1c2ccccc2cc2ccccc12. The van der Waals surface area contributed by atoms with Crippen molar-refractivity contribution < 1.29 is 9.20 Å². The van der Waals surface area contributed by atoms with Crippen LogP contribution in [0, 0.1) is 5.21 Å². The minimum Gasteiger partial charge on any atom is -0.775 e. The quantitative estimate of drug-likeness (QED) is 0.0982. The monoisotopic (exact) mass is 422 g/mol. The van der Waals surface area contributed by atoms with E-state index in [2.05, 4.69) is 70.3 Å². The van der Waals surface area contributed by atoms with Crippen molar-refractivity contribution in [1.29, 1.82) is 0 Å². The highest BCUT2D eigenvalue weighted by Gasteiger charge is 2.29. The first-order chi connectivity index (χ1) is 15.8. The van der Waals surface area contributed by atoms with Crippen LogP contribution in [0.4, 0.5) is 5.88 Å². The summed E-state index contributed by atoms with van der Waals surface area (Å²) in [5.41, 5.74) is 2.95. The lowest BCUT2D eigenvalue weighted by Crippen LogP contribution is -2.37. The number of benzene rings is 4. The number of aromatic nitrogens is 2. The van der Waals surface area contributed by atoms with Crippen molar-refractivity contribution in [2.45, 2.75) is 25.8 Å². The lowest BCUT2D eigenvalue weighted by molar-refractivity contribution is -0.753. The molecule has 0 radical (unpaired) electrons. The van der Waals surface area contributed by atoms with Gasteiger partial charge in [-0.1, -0.05) is 78.9 Å². The summed E-state index contributed by atoms with van der Waals surface area (Å²) in [6, 6.07) is 29.0. The van der Waals surface area contributed by atoms with E-state index in [9.17, 15) is 5.21 Å². The Balaban J connectivity index is 1.57. The van der Waals surface area contributed by atoms with Gasteiger partial charge in [-0.05, 0) is 50.7 Å². The molecule has 4 aromatic carbocycles. The van der Waals surface area contributed by atoms with Gasteiger partial charge in [-0.3, -0.25) is 4.52 Å². The fourth-order valence-electron chi connectivity index (χ4n) is 4.28. The molecule has 0 saturated carbocycles. The molecule has 1 aromatic heterocycles. The van der Waals surface area contributed by atoms with Crippen molar-refractivity contribution in [2.24, 2.45) is 10.4 Å². The molecule has 6 nitrogen and oxygen atoms in total. The summed E-state index contributed by atoms with van der Waals surface area (Å²) < 4.78 is 7.27. The van der Waals surface area contributed by atoms with Gasteiger partial charge in [-0.2, -0.15) is 0 Å². The second-order valence-corrected chi connectivity index (χ2v) is 7.77. The van der Waals surface area contributed by atoms with Crippen molar-refractivity contribution in [3.05, 3.63) is 95.7 Å². The molecule has 0 saturated heterocycles. The molecule has 0 unspecified atom stereocenters. The van der Waals surface area contributed by atoms with Gasteiger partial charge >= 0.3 is 11.6 Å². The number of hydrogen-bond acceptors (Lipinski definition) is 5. The predicted octanol–water partition coefficient (Wildman–Crippen LogP) is 6.54. The van der Waals surface area contributed by atoms with Gasteiger partial charge in [0.2, 0.25) is 5.27 Å². The molecular weight excluding hydrogens is 400 g/mol. The molecule has 0 aliphatic rings. The minimum atomic E-state index is 0.129. The van der Waals surface area contributed by atoms with Crippen LogP contribution in [-0.2, 0) is 13.0 Å². The van der Waals surface area contributed by atoms with E-state index in [-0.39, 0.29) is 5.88 Å². The zero-order valence-electron chi connectivity index (χ0n) is 17.5. The molecule has 1 heterocycles. The number of rotatable bonds is 7. The van der Waals surface area contributed by atoms with Crippen molar-refractivity contribution in [3.8, 4) is 11.3 Å². The highest BCUT2D eigenvalue weighted by atomic mass is 16.5. The second-order valence-electron chi connectivity index (χ2n) is 7.77. The molecule has 0 fully saturated rings. The zero-order valence-corrected chi connectivity index (χ0v) is 17.5. The summed E-state index contributed by atoms with van der Waals surface area (Å²) in [5.74, 6) is 0.129. The summed E-state index contributed by atoms with van der Waals surface area (Å²) >= 11 is 0. The summed E-state index contributed by atoms with van der Waals surface area (Å²) in [6.45, 7) is 0.650. The number of aryl methyl sites for hydroxylation is 2. The number of hydrogen-bond donors (Lipinski definition) is 0. The normalized spacial score (nSPS) is 11.6.